The molecule has 0 unspecified atom stereocenters. The molecule has 0 spiro atoms. The first kappa shape index (κ1) is 11.6. The Balaban J connectivity index is 2.50. The average Bonchev–Trinajstić information content (AvgIpc) is 2.02. The van der Waals surface area contributed by atoms with Crippen molar-refractivity contribution in [2.45, 2.75) is 27.2 Å². The molecule has 0 radical (unpaired) electrons. The van der Waals surface area contributed by atoms with Crippen LogP contribution in [0.15, 0.2) is 41.4 Å². The van der Waals surface area contributed by atoms with Gasteiger partial charge in [0.25, 0.3) is 0 Å². The van der Waals surface area contributed by atoms with Gasteiger partial charge in [-0.15, -0.1) is 0 Å². The molecule has 0 bridgehead atoms. The van der Waals surface area contributed by atoms with Crippen LogP contribution in [0.3, 0.4) is 0 Å². The van der Waals surface area contributed by atoms with Crippen molar-refractivity contribution in [1.29, 1.82) is 0 Å². The van der Waals surface area contributed by atoms with Gasteiger partial charge in [-0.2, -0.15) is 0 Å². The van der Waals surface area contributed by atoms with E-state index in [9.17, 15) is 0 Å². The van der Waals surface area contributed by atoms with Crippen LogP contribution in [0, 0.1) is 5.41 Å². The molecule has 0 amide bonds. The minimum absolute atomic E-state index is 0.369. The van der Waals surface area contributed by atoms with Crippen LogP contribution in [0.25, 0.3) is 0 Å². The zero-order chi connectivity index (χ0) is 10.6. The number of rotatable bonds is 3. The molecular weight excluding hydrogens is 235 g/mol. The minimum atomic E-state index is 0.369. The van der Waals surface area contributed by atoms with Crippen LogP contribution in [0.5, 0.6) is 0 Å². The molecule has 0 aliphatic carbocycles. The van der Waals surface area contributed by atoms with E-state index in [2.05, 4.69) is 57.7 Å². The van der Waals surface area contributed by atoms with Crippen LogP contribution in [-0.2, 0) is 0 Å². The molecule has 1 rings (SSSR count). The SMILES string of the molecule is C=C(CC(C)(C)C)[Se]c1ccccc1. The van der Waals surface area contributed by atoms with Gasteiger partial charge in [-0.3, -0.25) is 0 Å². The standard InChI is InChI=1S/C13H18Se/c1-11(10-13(2,3)4)14-12-8-6-5-7-9-12/h5-9H,1,10H2,2-4H3. The Hall–Kier alpha value is -0.521. The first-order valence-electron chi connectivity index (χ1n) is 4.88. The Morgan fingerprint density at radius 2 is 1.79 bits per heavy atom. The fraction of sp³-hybridized carbons (Fsp3) is 0.385. The molecule has 0 fully saturated rings. The summed E-state index contributed by atoms with van der Waals surface area (Å²) in [5, 5.41) is 0. The monoisotopic (exact) mass is 254 g/mol. The Morgan fingerprint density at radius 3 is 2.29 bits per heavy atom. The summed E-state index contributed by atoms with van der Waals surface area (Å²) in [6, 6.07) is 10.6. The van der Waals surface area contributed by atoms with E-state index in [1.807, 2.05) is 0 Å². The van der Waals surface area contributed by atoms with Crippen molar-refractivity contribution in [3.05, 3.63) is 41.4 Å². The quantitative estimate of drug-likeness (QED) is 0.726. The molecule has 76 valence electrons. The number of hydrogen-bond acceptors (Lipinski definition) is 0. The van der Waals surface area contributed by atoms with Crippen LogP contribution in [0.2, 0.25) is 0 Å². The van der Waals surface area contributed by atoms with Crippen molar-refractivity contribution in [3.8, 4) is 0 Å². The van der Waals surface area contributed by atoms with E-state index in [4.69, 9.17) is 0 Å². The second kappa shape index (κ2) is 4.82. The molecule has 0 saturated heterocycles. The molecule has 0 N–H and O–H groups in total. The summed E-state index contributed by atoms with van der Waals surface area (Å²) < 4.78 is 2.81. The van der Waals surface area contributed by atoms with Crippen molar-refractivity contribution < 1.29 is 0 Å². The molecule has 0 aromatic heterocycles. The van der Waals surface area contributed by atoms with E-state index in [0.717, 1.165) is 6.42 Å². The third-order valence-electron chi connectivity index (χ3n) is 1.73. The summed E-state index contributed by atoms with van der Waals surface area (Å²) in [5.41, 5.74) is 0.369. The Bertz CT molecular complexity index is 293. The van der Waals surface area contributed by atoms with Gasteiger partial charge in [0.2, 0.25) is 0 Å². The van der Waals surface area contributed by atoms with E-state index in [0.29, 0.717) is 20.4 Å². The van der Waals surface area contributed by atoms with Crippen LogP contribution >= 0.6 is 0 Å². The summed E-state index contributed by atoms with van der Waals surface area (Å²) in [4.78, 5) is 0. The molecule has 0 heterocycles. The molecule has 1 aromatic carbocycles. The molecule has 1 aromatic rings. The van der Waals surface area contributed by atoms with E-state index in [-0.39, 0.29) is 0 Å². The molecule has 0 nitrogen and oxygen atoms in total. The number of benzene rings is 1. The fourth-order valence-electron chi connectivity index (χ4n) is 1.28. The third-order valence-corrected chi connectivity index (χ3v) is 3.71. The van der Waals surface area contributed by atoms with Crippen LogP contribution in [0.4, 0.5) is 0 Å². The zero-order valence-electron chi connectivity index (χ0n) is 9.21. The van der Waals surface area contributed by atoms with E-state index >= 15 is 0 Å². The molecular formula is C13H18Se. The van der Waals surface area contributed by atoms with Gasteiger partial charge in [-0.1, -0.05) is 0 Å². The maximum atomic E-state index is 4.16. The summed E-state index contributed by atoms with van der Waals surface area (Å²) in [7, 11) is 0. The zero-order valence-corrected chi connectivity index (χ0v) is 10.9. The Labute approximate surface area is 93.6 Å². The summed E-state index contributed by atoms with van der Waals surface area (Å²) in [6.07, 6.45) is 1.13. The topological polar surface area (TPSA) is 0 Å². The number of hydrogen-bond donors (Lipinski definition) is 0. The third kappa shape index (κ3) is 4.64. The summed E-state index contributed by atoms with van der Waals surface area (Å²) in [5.74, 6) is 0. The van der Waals surface area contributed by atoms with Gasteiger partial charge in [0.1, 0.15) is 0 Å². The first-order valence-corrected chi connectivity index (χ1v) is 6.59. The van der Waals surface area contributed by atoms with Gasteiger partial charge >= 0.3 is 93.4 Å². The van der Waals surface area contributed by atoms with Crippen molar-refractivity contribution in [3.63, 3.8) is 0 Å². The van der Waals surface area contributed by atoms with Crippen molar-refractivity contribution in [2.75, 3.05) is 0 Å². The fourth-order valence-corrected chi connectivity index (χ4v) is 3.66. The van der Waals surface area contributed by atoms with Crippen LogP contribution < -0.4 is 4.46 Å². The second-order valence-corrected chi connectivity index (χ2v) is 7.32. The Kier molecular flexibility index (Phi) is 3.97. The molecule has 1 heteroatoms. The molecule has 0 aliphatic heterocycles. The molecule has 0 atom stereocenters. The van der Waals surface area contributed by atoms with Crippen LogP contribution in [0.1, 0.15) is 27.2 Å². The van der Waals surface area contributed by atoms with Gasteiger partial charge in [-0.25, -0.2) is 0 Å². The summed E-state index contributed by atoms with van der Waals surface area (Å²) in [6.45, 7) is 11.0. The predicted octanol–water partition coefficient (Wildman–Crippen LogP) is 2.97. The van der Waals surface area contributed by atoms with Crippen molar-refractivity contribution in [2.24, 2.45) is 5.41 Å². The average molecular weight is 253 g/mol. The second-order valence-electron chi connectivity index (χ2n) is 4.69. The molecule has 14 heavy (non-hydrogen) atoms. The van der Waals surface area contributed by atoms with Crippen LogP contribution in [-0.4, -0.2) is 15.0 Å². The first-order chi connectivity index (χ1) is 6.47. The van der Waals surface area contributed by atoms with E-state index in [1.54, 1.807) is 0 Å². The molecule has 0 saturated carbocycles. The van der Waals surface area contributed by atoms with Gasteiger partial charge < -0.3 is 0 Å². The van der Waals surface area contributed by atoms with Gasteiger partial charge in [-0.05, 0) is 0 Å². The molecule has 0 aliphatic rings. The van der Waals surface area contributed by atoms with Gasteiger partial charge in [0.05, 0.1) is 0 Å². The van der Waals surface area contributed by atoms with Crippen molar-refractivity contribution >= 4 is 19.4 Å². The van der Waals surface area contributed by atoms with Gasteiger partial charge in [0.15, 0.2) is 0 Å². The number of allylic oxidation sites excluding steroid dienone is 1. The maximum absolute atomic E-state index is 4.16. The Morgan fingerprint density at radius 1 is 1.21 bits per heavy atom. The predicted molar refractivity (Wildman–Crippen MR) is 65.0 cm³/mol. The normalized spacial score (nSPS) is 11.4. The summed E-state index contributed by atoms with van der Waals surface area (Å²) >= 11 is 0.439. The van der Waals surface area contributed by atoms with Crippen molar-refractivity contribution in [1.82, 2.24) is 0 Å². The van der Waals surface area contributed by atoms with Gasteiger partial charge in [0, 0.05) is 0 Å². The van der Waals surface area contributed by atoms with E-state index < -0.39 is 0 Å². The van der Waals surface area contributed by atoms with E-state index in [1.165, 1.54) is 8.93 Å².